The van der Waals surface area contributed by atoms with Crippen LogP contribution in [-0.2, 0) is 9.53 Å². The van der Waals surface area contributed by atoms with Crippen LogP contribution in [0.3, 0.4) is 0 Å². The van der Waals surface area contributed by atoms with Gasteiger partial charge in [-0.25, -0.2) is 4.79 Å². The number of hydrogen-bond donors (Lipinski definition) is 3. The molecule has 2 rings (SSSR count). The molecule has 1 heterocycles. The number of carboxylic acid groups (broad SMARTS) is 1. The van der Waals surface area contributed by atoms with E-state index >= 15 is 0 Å². The molecule has 0 aromatic heterocycles. The number of benzene rings is 1. The van der Waals surface area contributed by atoms with Gasteiger partial charge < -0.3 is 25.4 Å². The lowest BCUT2D eigenvalue weighted by molar-refractivity contribution is -0.138. The van der Waals surface area contributed by atoms with Gasteiger partial charge in [0, 0.05) is 24.5 Å². The van der Waals surface area contributed by atoms with Crippen LogP contribution < -0.4 is 15.5 Å². The van der Waals surface area contributed by atoms with Gasteiger partial charge in [0.05, 0.1) is 13.2 Å². The summed E-state index contributed by atoms with van der Waals surface area (Å²) in [5.41, 5.74) is 1.69. The molecule has 1 aliphatic heterocycles. The monoisotopic (exact) mass is 293 g/mol. The van der Waals surface area contributed by atoms with Crippen molar-refractivity contribution >= 4 is 23.4 Å². The highest BCUT2D eigenvalue weighted by Crippen LogP contribution is 2.18. The Bertz CT molecular complexity index is 497. The average Bonchev–Trinajstić information content (AvgIpc) is 2.48. The Kier molecular flexibility index (Phi) is 4.99. The first-order valence-electron chi connectivity index (χ1n) is 6.79. The largest absolute Gasteiger partial charge is 0.480 e. The fourth-order valence-corrected chi connectivity index (χ4v) is 2.00. The first-order valence-corrected chi connectivity index (χ1v) is 6.79. The van der Waals surface area contributed by atoms with Crippen molar-refractivity contribution in [2.24, 2.45) is 0 Å². The quantitative estimate of drug-likeness (QED) is 0.774. The highest BCUT2D eigenvalue weighted by molar-refractivity contribution is 5.92. The fraction of sp³-hybridized carbons (Fsp3) is 0.429. The molecule has 0 spiro atoms. The Labute approximate surface area is 122 Å². The van der Waals surface area contributed by atoms with E-state index < -0.39 is 18.0 Å². The highest BCUT2D eigenvalue weighted by Gasteiger charge is 2.14. The number of amides is 2. The van der Waals surface area contributed by atoms with Crippen molar-refractivity contribution in [3.05, 3.63) is 24.3 Å². The second-order valence-electron chi connectivity index (χ2n) is 4.80. The van der Waals surface area contributed by atoms with Crippen LogP contribution in [-0.4, -0.2) is 49.5 Å². The second kappa shape index (κ2) is 6.94. The lowest BCUT2D eigenvalue weighted by Gasteiger charge is -2.28. The van der Waals surface area contributed by atoms with Gasteiger partial charge in [-0.1, -0.05) is 0 Å². The number of aliphatic carboxylic acids is 1. The van der Waals surface area contributed by atoms with Crippen LogP contribution in [0.2, 0.25) is 0 Å². The third-order valence-corrected chi connectivity index (χ3v) is 3.22. The molecule has 2 amide bonds. The normalized spacial score (nSPS) is 16.1. The Morgan fingerprint density at radius 1 is 1.24 bits per heavy atom. The number of hydrogen-bond acceptors (Lipinski definition) is 4. The summed E-state index contributed by atoms with van der Waals surface area (Å²) < 4.78 is 5.30. The minimum Gasteiger partial charge on any atom is -0.480 e. The number of nitrogens with zero attached hydrogens (tertiary/aromatic N) is 1. The van der Waals surface area contributed by atoms with E-state index in [0.29, 0.717) is 5.69 Å². The number of carboxylic acids is 1. The molecule has 1 aliphatic rings. The molecule has 7 heteroatoms. The third kappa shape index (κ3) is 4.35. The summed E-state index contributed by atoms with van der Waals surface area (Å²) in [5, 5.41) is 13.6. The maximum Gasteiger partial charge on any atom is 0.325 e. The lowest BCUT2D eigenvalue weighted by Crippen LogP contribution is -2.40. The number of nitrogens with one attached hydrogen (secondary N) is 2. The SMILES string of the molecule is CC(NC(=O)Nc1ccc(N2CCOCC2)cc1)C(=O)O. The molecule has 3 N–H and O–H groups in total. The number of carbonyl (C=O) groups is 2. The Morgan fingerprint density at radius 3 is 2.43 bits per heavy atom. The molecule has 1 aromatic carbocycles. The molecule has 21 heavy (non-hydrogen) atoms. The van der Waals surface area contributed by atoms with Gasteiger partial charge in [0.2, 0.25) is 0 Å². The van der Waals surface area contributed by atoms with Gasteiger partial charge in [-0.05, 0) is 31.2 Å². The maximum atomic E-state index is 11.6. The smallest absolute Gasteiger partial charge is 0.325 e. The zero-order chi connectivity index (χ0) is 15.2. The summed E-state index contributed by atoms with van der Waals surface area (Å²) in [6, 6.07) is 5.94. The van der Waals surface area contributed by atoms with Crippen LogP contribution in [0.1, 0.15) is 6.92 Å². The standard InChI is InChI=1S/C14H19N3O4/c1-10(13(18)19)15-14(20)16-11-2-4-12(5-3-11)17-6-8-21-9-7-17/h2-5,10H,6-9H2,1H3,(H,18,19)(H2,15,16,20). The summed E-state index contributed by atoms with van der Waals surface area (Å²) in [6.07, 6.45) is 0. The molecule has 7 nitrogen and oxygen atoms in total. The van der Waals surface area contributed by atoms with E-state index in [9.17, 15) is 9.59 Å². The van der Waals surface area contributed by atoms with Gasteiger partial charge in [0.25, 0.3) is 0 Å². The molecule has 1 aromatic rings. The molecule has 1 atom stereocenters. The van der Waals surface area contributed by atoms with E-state index in [2.05, 4.69) is 15.5 Å². The molecule has 114 valence electrons. The van der Waals surface area contributed by atoms with E-state index in [1.54, 1.807) is 12.1 Å². The number of anilines is 2. The van der Waals surface area contributed by atoms with Crippen molar-refractivity contribution < 1.29 is 19.4 Å². The number of ether oxygens (including phenoxy) is 1. The van der Waals surface area contributed by atoms with Crippen molar-refractivity contribution in [1.82, 2.24) is 5.32 Å². The fourth-order valence-electron chi connectivity index (χ4n) is 2.00. The topological polar surface area (TPSA) is 90.9 Å². The number of morpholine rings is 1. The molecule has 0 bridgehead atoms. The van der Waals surface area contributed by atoms with E-state index in [1.807, 2.05) is 12.1 Å². The van der Waals surface area contributed by atoms with Crippen molar-refractivity contribution in [2.75, 3.05) is 36.5 Å². The summed E-state index contributed by atoms with van der Waals surface area (Å²) in [4.78, 5) is 24.5. The first-order chi connectivity index (χ1) is 10.1. The van der Waals surface area contributed by atoms with Gasteiger partial charge in [0.15, 0.2) is 0 Å². The summed E-state index contributed by atoms with van der Waals surface area (Å²) in [5.74, 6) is -1.08. The molecule has 0 aliphatic carbocycles. The van der Waals surface area contributed by atoms with Crippen molar-refractivity contribution in [3.8, 4) is 0 Å². The predicted molar refractivity (Wildman–Crippen MR) is 78.7 cm³/mol. The zero-order valence-electron chi connectivity index (χ0n) is 11.8. The number of carbonyl (C=O) groups excluding carboxylic acids is 1. The number of rotatable bonds is 4. The lowest BCUT2D eigenvalue weighted by atomic mass is 10.2. The Hall–Kier alpha value is -2.28. The van der Waals surface area contributed by atoms with E-state index in [4.69, 9.17) is 9.84 Å². The molecule has 1 saturated heterocycles. The highest BCUT2D eigenvalue weighted by atomic mass is 16.5. The summed E-state index contributed by atoms with van der Waals surface area (Å²) in [6.45, 7) is 4.54. The van der Waals surface area contributed by atoms with Crippen molar-refractivity contribution in [3.63, 3.8) is 0 Å². The van der Waals surface area contributed by atoms with Crippen molar-refractivity contribution in [1.29, 1.82) is 0 Å². The van der Waals surface area contributed by atoms with Crippen LogP contribution in [0.5, 0.6) is 0 Å². The van der Waals surface area contributed by atoms with Gasteiger partial charge in [0.1, 0.15) is 6.04 Å². The van der Waals surface area contributed by atoms with E-state index in [1.165, 1.54) is 6.92 Å². The van der Waals surface area contributed by atoms with Gasteiger partial charge >= 0.3 is 12.0 Å². The maximum absolute atomic E-state index is 11.6. The third-order valence-electron chi connectivity index (χ3n) is 3.22. The summed E-state index contributed by atoms with van der Waals surface area (Å²) >= 11 is 0. The van der Waals surface area contributed by atoms with Crippen LogP contribution >= 0.6 is 0 Å². The predicted octanol–water partition coefficient (Wildman–Crippen LogP) is 1.12. The molecular formula is C14H19N3O4. The second-order valence-corrected chi connectivity index (χ2v) is 4.80. The minimum absolute atomic E-state index is 0.538. The minimum atomic E-state index is -1.08. The molecular weight excluding hydrogens is 274 g/mol. The van der Waals surface area contributed by atoms with Crippen LogP contribution in [0.15, 0.2) is 24.3 Å². The van der Waals surface area contributed by atoms with E-state index in [0.717, 1.165) is 32.0 Å². The Morgan fingerprint density at radius 2 is 1.86 bits per heavy atom. The van der Waals surface area contributed by atoms with Gasteiger partial charge in [-0.2, -0.15) is 0 Å². The van der Waals surface area contributed by atoms with Crippen LogP contribution in [0.4, 0.5) is 16.2 Å². The molecule has 1 fully saturated rings. The Balaban J connectivity index is 1.89. The average molecular weight is 293 g/mol. The molecule has 1 unspecified atom stereocenters. The van der Waals surface area contributed by atoms with Crippen LogP contribution in [0, 0.1) is 0 Å². The first kappa shape index (κ1) is 15.1. The zero-order valence-corrected chi connectivity index (χ0v) is 11.8. The summed E-state index contributed by atoms with van der Waals surface area (Å²) in [7, 11) is 0. The van der Waals surface area contributed by atoms with Crippen molar-refractivity contribution in [2.45, 2.75) is 13.0 Å². The molecule has 0 saturated carbocycles. The number of urea groups is 1. The van der Waals surface area contributed by atoms with Gasteiger partial charge in [-0.15, -0.1) is 0 Å². The van der Waals surface area contributed by atoms with Gasteiger partial charge in [-0.3, -0.25) is 4.79 Å². The molecule has 0 radical (unpaired) electrons. The van der Waals surface area contributed by atoms with Crippen LogP contribution in [0.25, 0.3) is 0 Å². The van der Waals surface area contributed by atoms with E-state index in [-0.39, 0.29) is 0 Å².